The topological polar surface area (TPSA) is 86.8 Å². The van der Waals surface area contributed by atoms with Crippen LogP contribution in [-0.2, 0) is 26.2 Å². The van der Waals surface area contributed by atoms with E-state index in [4.69, 9.17) is 0 Å². The van der Waals surface area contributed by atoms with Crippen LogP contribution in [0.5, 0.6) is 0 Å². The molecule has 196 valence electrons. The van der Waals surface area contributed by atoms with Crippen LogP contribution in [0, 0.1) is 0 Å². The molecule has 3 rings (SSSR count). The summed E-state index contributed by atoms with van der Waals surface area (Å²) in [4.78, 5) is 28.4. The van der Waals surface area contributed by atoms with Crippen molar-refractivity contribution in [1.29, 1.82) is 0 Å². The fourth-order valence-corrected chi connectivity index (χ4v) is 5.53. The molecular weight excluding hydrogens is 554 g/mol. The molecule has 0 radical (unpaired) electrons. The Hall–Kier alpha value is -3.17. The molecule has 0 aliphatic heterocycles. The summed E-state index contributed by atoms with van der Waals surface area (Å²) in [5, 5.41) is 2.92. The molecule has 3 aromatic rings. The highest BCUT2D eigenvalue weighted by Gasteiger charge is 2.33. The zero-order valence-electron chi connectivity index (χ0n) is 21.4. The SMILES string of the molecule is CC(C(=O)NC(C)(C)C)N(Cc1ccccc1)C(=O)CN(c1cccc(Br)c1)S(=O)(=O)c1ccccc1. The number of hydrogen-bond donors (Lipinski definition) is 1. The van der Waals surface area contributed by atoms with E-state index in [1.54, 1.807) is 49.4 Å². The lowest BCUT2D eigenvalue weighted by Crippen LogP contribution is -2.54. The third-order valence-corrected chi connectivity index (χ3v) is 7.85. The van der Waals surface area contributed by atoms with Crippen LogP contribution >= 0.6 is 15.9 Å². The van der Waals surface area contributed by atoms with Crippen molar-refractivity contribution in [2.45, 2.75) is 50.7 Å². The van der Waals surface area contributed by atoms with Gasteiger partial charge in [-0.1, -0.05) is 70.5 Å². The molecule has 2 amide bonds. The van der Waals surface area contributed by atoms with Gasteiger partial charge in [0, 0.05) is 16.6 Å². The van der Waals surface area contributed by atoms with Gasteiger partial charge in [0.2, 0.25) is 11.8 Å². The van der Waals surface area contributed by atoms with Gasteiger partial charge < -0.3 is 10.2 Å². The fourth-order valence-electron chi connectivity index (χ4n) is 3.72. The second-order valence-electron chi connectivity index (χ2n) is 9.73. The van der Waals surface area contributed by atoms with Gasteiger partial charge >= 0.3 is 0 Å². The Bertz CT molecular complexity index is 1330. The molecule has 37 heavy (non-hydrogen) atoms. The van der Waals surface area contributed by atoms with E-state index in [1.807, 2.05) is 51.1 Å². The van der Waals surface area contributed by atoms with E-state index in [0.717, 1.165) is 9.87 Å². The van der Waals surface area contributed by atoms with Crippen molar-refractivity contribution < 1.29 is 18.0 Å². The van der Waals surface area contributed by atoms with E-state index in [-0.39, 0.29) is 17.3 Å². The van der Waals surface area contributed by atoms with Crippen LogP contribution < -0.4 is 9.62 Å². The molecule has 0 bridgehead atoms. The van der Waals surface area contributed by atoms with Crippen LogP contribution in [0.2, 0.25) is 0 Å². The zero-order chi connectivity index (χ0) is 27.2. The third-order valence-electron chi connectivity index (χ3n) is 5.57. The Morgan fingerprint density at radius 2 is 1.51 bits per heavy atom. The highest BCUT2D eigenvalue weighted by molar-refractivity contribution is 9.10. The van der Waals surface area contributed by atoms with E-state index < -0.39 is 34.1 Å². The average molecular weight is 587 g/mol. The van der Waals surface area contributed by atoms with E-state index in [0.29, 0.717) is 10.2 Å². The van der Waals surface area contributed by atoms with Gasteiger partial charge in [-0.05, 0) is 63.6 Å². The summed E-state index contributed by atoms with van der Waals surface area (Å²) in [6, 6.07) is 23.2. The summed E-state index contributed by atoms with van der Waals surface area (Å²) in [6.45, 7) is 6.91. The van der Waals surface area contributed by atoms with Crippen LogP contribution in [-0.4, -0.2) is 43.3 Å². The predicted octanol–water partition coefficient (Wildman–Crippen LogP) is 4.98. The minimum Gasteiger partial charge on any atom is -0.350 e. The van der Waals surface area contributed by atoms with Crippen LogP contribution in [0.15, 0.2) is 94.3 Å². The first-order valence-electron chi connectivity index (χ1n) is 11.9. The first-order valence-corrected chi connectivity index (χ1v) is 14.1. The molecule has 0 heterocycles. The number of halogens is 1. The first kappa shape index (κ1) is 28.4. The van der Waals surface area contributed by atoms with Crippen molar-refractivity contribution in [3.63, 3.8) is 0 Å². The molecule has 1 atom stereocenters. The van der Waals surface area contributed by atoms with Crippen LogP contribution in [0.3, 0.4) is 0 Å². The maximum atomic E-state index is 13.8. The molecule has 0 saturated carbocycles. The monoisotopic (exact) mass is 585 g/mol. The summed E-state index contributed by atoms with van der Waals surface area (Å²) in [5.41, 5.74) is 0.662. The summed E-state index contributed by atoms with van der Waals surface area (Å²) in [7, 11) is -4.08. The second kappa shape index (κ2) is 11.9. The van der Waals surface area contributed by atoms with E-state index in [2.05, 4.69) is 21.2 Å². The zero-order valence-corrected chi connectivity index (χ0v) is 23.8. The molecule has 1 N–H and O–H groups in total. The Morgan fingerprint density at radius 1 is 0.919 bits per heavy atom. The second-order valence-corrected chi connectivity index (χ2v) is 12.5. The Labute approximate surface area is 227 Å². The Morgan fingerprint density at radius 3 is 2.08 bits per heavy atom. The quantitative estimate of drug-likeness (QED) is 0.384. The molecule has 0 aliphatic rings. The fraction of sp³-hybridized carbons (Fsp3) is 0.286. The van der Waals surface area contributed by atoms with Crippen molar-refractivity contribution in [1.82, 2.24) is 10.2 Å². The Balaban J connectivity index is 2.01. The van der Waals surface area contributed by atoms with E-state index >= 15 is 0 Å². The van der Waals surface area contributed by atoms with Gasteiger partial charge in [-0.2, -0.15) is 0 Å². The number of hydrogen-bond acceptors (Lipinski definition) is 4. The van der Waals surface area contributed by atoms with Crippen LogP contribution in [0.25, 0.3) is 0 Å². The molecular formula is C28H32BrN3O4S. The standard InChI is InChI=1S/C28H32BrN3O4S/c1-21(27(34)30-28(2,3)4)31(19-22-12-7-5-8-13-22)26(33)20-32(24-15-11-14-23(29)18-24)37(35,36)25-16-9-6-10-17-25/h5-18,21H,19-20H2,1-4H3,(H,30,34). The van der Waals surface area contributed by atoms with Gasteiger partial charge in [-0.3, -0.25) is 13.9 Å². The van der Waals surface area contributed by atoms with Gasteiger partial charge in [-0.15, -0.1) is 0 Å². The lowest BCUT2D eigenvalue weighted by molar-refractivity contribution is -0.140. The minimum atomic E-state index is -4.08. The highest BCUT2D eigenvalue weighted by Crippen LogP contribution is 2.27. The van der Waals surface area contributed by atoms with Crippen molar-refractivity contribution in [2.75, 3.05) is 10.8 Å². The normalized spacial score (nSPS) is 12.5. The first-order chi connectivity index (χ1) is 17.4. The molecule has 3 aromatic carbocycles. The van der Waals surface area contributed by atoms with Gasteiger partial charge in [0.05, 0.1) is 10.6 Å². The number of anilines is 1. The maximum absolute atomic E-state index is 13.8. The molecule has 0 fully saturated rings. The maximum Gasteiger partial charge on any atom is 0.264 e. The summed E-state index contributed by atoms with van der Waals surface area (Å²) in [6.07, 6.45) is 0. The number of carbonyl (C=O) groups is 2. The minimum absolute atomic E-state index is 0.0657. The molecule has 0 spiro atoms. The van der Waals surface area contributed by atoms with Crippen molar-refractivity contribution >= 4 is 43.5 Å². The molecule has 0 aromatic heterocycles. The number of rotatable bonds is 9. The molecule has 7 nitrogen and oxygen atoms in total. The van der Waals surface area contributed by atoms with Gasteiger partial charge in [0.15, 0.2) is 0 Å². The summed E-state index contributed by atoms with van der Waals surface area (Å²) < 4.78 is 29.2. The summed E-state index contributed by atoms with van der Waals surface area (Å²) in [5.74, 6) is -0.823. The van der Waals surface area contributed by atoms with Gasteiger partial charge in [0.25, 0.3) is 10.0 Å². The van der Waals surface area contributed by atoms with E-state index in [9.17, 15) is 18.0 Å². The van der Waals surface area contributed by atoms with Crippen LogP contribution in [0.1, 0.15) is 33.3 Å². The molecule has 0 aliphatic carbocycles. The van der Waals surface area contributed by atoms with Gasteiger partial charge in [0.1, 0.15) is 12.6 Å². The number of sulfonamides is 1. The molecule has 1 unspecified atom stereocenters. The van der Waals surface area contributed by atoms with Gasteiger partial charge in [-0.25, -0.2) is 8.42 Å². The lowest BCUT2D eigenvalue weighted by Gasteiger charge is -2.33. The molecule has 9 heteroatoms. The number of nitrogens with one attached hydrogen (secondary N) is 1. The highest BCUT2D eigenvalue weighted by atomic mass is 79.9. The molecule has 0 saturated heterocycles. The smallest absolute Gasteiger partial charge is 0.264 e. The predicted molar refractivity (Wildman–Crippen MR) is 149 cm³/mol. The average Bonchev–Trinajstić information content (AvgIpc) is 2.85. The van der Waals surface area contributed by atoms with Crippen molar-refractivity contribution in [3.8, 4) is 0 Å². The number of nitrogens with zero attached hydrogens (tertiary/aromatic N) is 2. The largest absolute Gasteiger partial charge is 0.350 e. The number of amides is 2. The number of benzene rings is 3. The van der Waals surface area contributed by atoms with Crippen molar-refractivity contribution in [2.24, 2.45) is 0 Å². The number of carbonyl (C=O) groups excluding carboxylic acids is 2. The van der Waals surface area contributed by atoms with Crippen LogP contribution in [0.4, 0.5) is 5.69 Å². The summed E-state index contributed by atoms with van der Waals surface area (Å²) >= 11 is 3.39. The van der Waals surface area contributed by atoms with Crippen molar-refractivity contribution in [3.05, 3.63) is 95.0 Å². The lowest BCUT2D eigenvalue weighted by atomic mass is 10.1. The third kappa shape index (κ3) is 7.66. The van der Waals surface area contributed by atoms with E-state index in [1.165, 1.54) is 17.0 Å². The Kier molecular flexibility index (Phi) is 9.15.